The SMILES string of the molecule is Cc1nc(/N=C/N(C)C)c2ncn([C@@H]3O[C@@]4(CN5CCOCC5)COC3C4O)c2n1. The van der Waals surface area contributed by atoms with Crippen LogP contribution >= 0.6 is 0 Å². The van der Waals surface area contributed by atoms with Gasteiger partial charge in [-0.1, -0.05) is 0 Å². The zero-order valence-electron chi connectivity index (χ0n) is 17.4. The van der Waals surface area contributed by atoms with Crippen LogP contribution in [0.4, 0.5) is 5.82 Å². The van der Waals surface area contributed by atoms with Gasteiger partial charge in [0.1, 0.15) is 23.6 Å². The first-order valence-electron chi connectivity index (χ1n) is 10.2. The predicted octanol–water partition coefficient (Wildman–Crippen LogP) is -0.284. The zero-order chi connectivity index (χ0) is 20.9. The normalized spacial score (nSPS) is 31.9. The molecule has 0 aromatic carbocycles. The fourth-order valence-electron chi connectivity index (χ4n) is 4.35. The Morgan fingerprint density at radius 2 is 2.13 bits per heavy atom. The molecule has 0 radical (unpaired) electrons. The molecule has 0 spiro atoms. The van der Waals surface area contributed by atoms with Crippen LogP contribution in [-0.2, 0) is 14.2 Å². The lowest BCUT2D eigenvalue weighted by Gasteiger charge is -2.37. The first-order valence-corrected chi connectivity index (χ1v) is 10.2. The van der Waals surface area contributed by atoms with Crippen molar-refractivity contribution in [1.29, 1.82) is 0 Å². The monoisotopic (exact) mass is 417 g/mol. The molecule has 5 rings (SSSR count). The Morgan fingerprint density at radius 3 is 2.90 bits per heavy atom. The van der Waals surface area contributed by atoms with Crippen LogP contribution in [0.25, 0.3) is 11.2 Å². The second-order valence-electron chi connectivity index (χ2n) is 8.31. The molecule has 5 heterocycles. The van der Waals surface area contributed by atoms with E-state index < -0.39 is 24.0 Å². The quantitative estimate of drug-likeness (QED) is 0.518. The molecule has 2 bridgehead atoms. The van der Waals surface area contributed by atoms with Gasteiger partial charge in [0.05, 0.1) is 32.5 Å². The molecule has 3 fully saturated rings. The molecule has 0 amide bonds. The molecular weight excluding hydrogens is 390 g/mol. The number of morpholine rings is 1. The fraction of sp³-hybridized carbons (Fsp3) is 0.684. The predicted molar refractivity (Wildman–Crippen MR) is 108 cm³/mol. The van der Waals surface area contributed by atoms with E-state index in [-0.39, 0.29) is 0 Å². The third-order valence-electron chi connectivity index (χ3n) is 5.80. The Hall–Kier alpha value is -2.18. The average molecular weight is 417 g/mol. The molecule has 3 aliphatic rings. The van der Waals surface area contributed by atoms with Crippen LogP contribution in [0.3, 0.4) is 0 Å². The maximum atomic E-state index is 11.0. The number of aryl methyl sites for hydroxylation is 1. The van der Waals surface area contributed by atoms with Crippen LogP contribution in [0.1, 0.15) is 12.1 Å². The maximum absolute atomic E-state index is 11.0. The number of imidazole rings is 1. The van der Waals surface area contributed by atoms with Gasteiger partial charge in [-0.3, -0.25) is 9.47 Å². The van der Waals surface area contributed by atoms with Crippen LogP contribution in [0.2, 0.25) is 0 Å². The van der Waals surface area contributed by atoms with Crippen molar-refractivity contribution < 1.29 is 19.3 Å². The van der Waals surface area contributed by atoms with Crippen molar-refractivity contribution in [3.8, 4) is 0 Å². The Kier molecular flexibility index (Phi) is 4.94. The fourth-order valence-corrected chi connectivity index (χ4v) is 4.35. The highest BCUT2D eigenvalue weighted by molar-refractivity contribution is 5.83. The summed E-state index contributed by atoms with van der Waals surface area (Å²) < 4.78 is 19.7. The summed E-state index contributed by atoms with van der Waals surface area (Å²) in [6, 6.07) is 0. The molecule has 11 heteroatoms. The lowest BCUT2D eigenvalue weighted by atomic mass is 9.98. The molecule has 1 N–H and O–H groups in total. The van der Waals surface area contributed by atoms with E-state index in [1.807, 2.05) is 30.5 Å². The summed E-state index contributed by atoms with van der Waals surface area (Å²) in [5, 5.41) is 11.0. The molecule has 162 valence electrons. The average Bonchev–Trinajstić information content (AvgIpc) is 3.36. The van der Waals surface area contributed by atoms with E-state index in [0.29, 0.717) is 49.2 Å². The van der Waals surface area contributed by atoms with Gasteiger partial charge in [0.15, 0.2) is 23.2 Å². The van der Waals surface area contributed by atoms with Gasteiger partial charge in [-0.05, 0) is 6.92 Å². The van der Waals surface area contributed by atoms with E-state index in [1.54, 1.807) is 12.7 Å². The van der Waals surface area contributed by atoms with E-state index in [9.17, 15) is 5.11 Å². The lowest BCUT2D eigenvalue weighted by Crippen LogP contribution is -2.53. The van der Waals surface area contributed by atoms with Crippen molar-refractivity contribution in [3.63, 3.8) is 0 Å². The minimum atomic E-state index is -0.767. The van der Waals surface area contributed by atoms with E-state index in [1.165, 1.54) is 0 Å². The number of nitrogens with zero attached hydrogens (tertiary/aromatic N) is 7. The molecule has 0 saturated carbocycles. The van der Waals surface area contributed by atoms with Crippen molar-refractivity contribution in [1.82, 2.24) is 29.3 Å². The number of aliphatic hydroxyl groups excluding tert-OH is 1. The number of aromatic nitrogens is 4. The Morgan fingerprint density at radius 1 is 1.33 bits per heavy atom. The van der Waals surface area contributed by atoms with E-state index in [0.717, 1.165) is 13.1 Å². The molecule has 2 unspecified atom stereocenters. The van der Waals surface area contributed by atoms with Crippen LogP contribution in [0.15, 0.2) is 11.3 Å². The summed E-state index contributed by atoms with van der Waals surface area (Å²) in [6.07, 6.45) is 1.62. The van der Waals surface area contributed by atoms with Crippen molar-refractivity contribution in [3.05, 3.63) is 12.2 Å². The van der Waals surface area contributed by atoms with Gasteiger partial charge in [0.2, 0.25) is 0 Å². The summed E-state index contributed by atoms with van der Waals surface area (Å²) in [7, 11) is 3.78. The number of hydrogen-bond donors (Lipinski definition) is 1. The number of aliphatic hydroxyl groups is 1. The molecule has 0 aliphatic carbocycles. The van der Waals surface area contributed by atoms with Gasteiger partial charge in [-0.15, -0.1) is 0 Å². The van der Waals surface area contributed by atoms with Gasteiger partial charge < -0.3 is 24.2 Å². The molecule has 4 atom stereocenters. The van der Waals surface area contributed by atoms with E-state index in [4.69, 9.17) is 14.2 Å². The highest BCUT2D eigenvalue weighted by Crippen LogP contribution is 2.46. The van der Waals surface area contributed by atoms with Gasteiger partial charge in [-0.25, -0.2) is 19.9 Å². The van der Waals surface area contributed by atoms with Crippen LogP contribution < -0.4 is 0 Å². The smallest absolute Gasteiger partial charge is 0.185 e. The number of fused-ring (bicyclic) bond motifs is 3. The molecule has 2 aromatic heterocycles. The summed E-state index contributed by atoms with van der Waals surface area (Å²) in [6.45, 7) is 5.81. The molecule has 3 saturated heterocycles. The zero-order valence-corrected chi connectivity index (χ0v) is 17.4. The standard InChI is InChI=1S/C19H27N7O4/c1-12-22-16(21-10-24(2)3)13-17(23-12)26(11-20-13)18-14-15(27)19(30-18,9-29-14)8-25-4-6-28-7-5-25/h10-11,14-15,18,27H,4-9H2,1-3H3/b21-10+/t14?,15?,18-,19+/m1/s1. The minimum Gasteiger partial charge on any atom is -0.387 e. The molecule has 2 aromatic rings. The second kappa shape index (κ2) is 7.50. The summed E-state index contributed by atoms with van der Waals surface area (Å²) in [5.74, 6) is 1.08. The van der Waals surface area contributed by atoms with Gasteiger partial charge in [-0.2, -0.15) is 0 Å². The number of ether oxygens (including phenoxy) is 3. The second-order valence-corrected chi connectivity index (χ2v) is 8.31. The van der Waals surface area contributed by atoms with Gasteiger partial charge in [0, 0.05) is 33.7 Å². The van der Waals surface area contributed by atoms with Crippen LogP contribution in [0, 0.1) is 6.92 Å². The van der Waals surface area contributed by atoms with E-state index in [2.05, 4.69) is 24.8 Å². The molecule has 11 nitrogen and oxygen atoms in total. The Labute approximate surface area is 174 Å². The summed E-state index contributed by atoms with van der Waals surface area (Å²) in [4.78, 5) is 22.0. The third kappa shape index (κ3) is 3.26. The van der Waals surface area contributed by atoms with Crippen LogP contribution in [-0.4, -0.2) is 112 Å². The highest BCUT2D eigenvalue weighted by Gasteiger charge is 2.62. The first-order chi connectivity index (χ1) is 14.5. The van der Waals surface area contributed by atoms with Crippen molar-refractivity contribution in [2.24, 2.45) is 4.99 Å². The number of rotatable bonds is 5. The Bertz CT molecular complexity index is 958. The number of aliphatic imine (C=N–C) groups is 1. The maximum Gasteiger partial charge on any atom is 0.185 e. The Balaban J connectivity index is 1.46. The van der Waals surface area contributed by atoms with Crippen molar-refractivity contribution >= 4 is 23.3 Å². The largest absolute Gasteiger partial charge is 0.387 e. The first kappa shape index (κ1) is 19.8. The van der Waals surface area contributed by atoms with Crippen molar-refractivity contribution in [2.75, 3.05) is 53.6 Å². The van der Waals surface area contributed by atoms with Crippen LogP contribution in [0.5, 0.6) is 0 Å². The molecular formula is C19H27N7O4. The minimum absolute atomic E-state index is 0.367. The summed E-state index contributed by atoms with van der Waals surface area (Å²) in [5.41, 5.74) is 0.433. The number of hydrogen-bond acceptors (Lipinski definition) is 9. The topological polar surface area (TPSA) is 110 Å². The highest BCUT2D eigenvalue weighted by atomic mass is 16.6. The van der Waals surface area contributed by atoms with Gasteiger partial charge >= 0.3 is 0 Å². The van der Waals surface area contributed by atoms with Crippen molar-refractivity contribution in [2.45, 2.75) is 31.0 Å². The lowest BCUT2D eigenvalue weighted by molar-refractivity contribution is -0.181. The van der Waals surface area contributed by atoms with Gasteiger partial charge in [0.25, 0.3) is 0 Å². The third-order valence-corrected chi connectivity index (χ3v) is 5.80. The molecule has 3 aliphatic heterocycles. The summed E-state index contributed by atoms with van der Waals surface area (Å²) >= 11 is 0. The molecule has 30 heavy (non-hydrogen) atoms. The van der Waals surface area contributed by atoms with E-state index >= 15 is 0 Å².